The van der Waals surface area contributed by atoms with E-state index < -0.39 is 70.5 Å². The number of ketones is 1. The number of nitrogens with one attached hydrogen (secondary N) is 3. The van der Waals surface area contributed by atoms with Crippen LogP contribution in [-0.2, 0) is 41.6 Å². The van der Waals surface area contributed by atoms with Gasteiger partial charge in [-0.3, -0.25) is 19.2 Å². The van der Waals surface area contributed by atoms with Crippen molar-refractivity contribution in [2.75, 3.05) is 6.54 Å². The number of rotatable bonds is 10. The first-order valence-electron chi connectivity index (χ1n) is 17.5. The summed E-state index contributed by atoms with van der Waals surface area (Å²) >= 11 is 0. The Hall–Kier alpha value is -3.96. The molecule has 0 aromatic heterocycles. The van der Waals surface area contributed by atoms with Crippen LogP contribution in [0.3, 0.4) is 0 Å². The molecule has 268 valence electrons. The third kappa shape index (κ3) is 7.33. The number of hydrogen-bond acceptors (Lipinski definition) is 7. The summed E-state index contributed by atoms with van der Waals surface area (Å²) in [6.45, 7) is 15.3. The highest BCUT2D eigenvalue weighted by Gasteiger charge is 2.70. The molecule has 1 heterocycles. The van der Waals surface area contributed by atoms with Crippen LogP contribution in [0.5, 0.6) is 0 Å². The SMILES string of the molecule is CC(C)(C)[C@@H](NC(=O)N[C@@H](C(=O)N1C[C@H]2[C@@H]([C@H]1C(=O)NC(C(=O)C(N)=O)C1CCC1)C2(C)C)C(C)(C)C)C(=O)OC1Cc2ccccc2C1. The highest BCUT2D eigenvalue weighted by molar-refractivity contribution is 6.38. The average molecular weight is 680 g/mol. The van der Waals surface area contributed by atoms with E-state index in [1.54, 1.807) is 0 Å². The molecule has 5 N–H and O–H groups in total. The number of amides is 5. The van der Waals surface area contributed by atoms with Crippen molar-refractivity contribution in [2.45, 2.75) is 118 Å². The molecule has 1 unspecified atom stereocenters. The maximum Gasteiger partial charge on any atom is 0.329 e. The quantitative estimate of drug-likeness (QED) is 0.217. The van der Waals surface area contributed by atoms with E-state index in [9.17, 15) is 28.8 Å². The minimum atomic E-state index is -1.10. The molecule has 1 saturated heterocycles. The van der Waals surface area contributed by atoms with Gasteiger partial charge in [0.25, 0.3) is 5.91 Å². The van der Waals surface area contributed by atoms with Crippen LogP contribution in [0, 0.1) is 34.0 Å². The number of primary amides is 1. The van der Waals surface area contributed by atoms with Gasteiger partial charge < -0.3 is 31.3 Å². The summed E-state index contributed by atoms with van der Waals surface area (Å²) in [6.07, 6.45) is 3.15. The highest BCUT2D eigenvalue weighted by Crippen LogP contribution is 2.65. The van der Waals surface area contributed by atoms with Crippen LogP contribution >= 0.6 is 0 Å². The van der Waals surface area contributed by atoms with Crippen molar-refractivity contribution in [3.63, 3.8) is 0 Å². The number of nitrogens with zero attached hydrogens (tertiary/aromatic N) is 1. The number of urea groups is 1. The van der Waals surface area contributed by atoms with Crippen LogP contribution in [0.4, 0.5) is 4.79 Å². The number of likely N-dealkylation sites (tertiary alicyclic amines) is 1. The molecule has 0 bridgehead atoms. The van der Waals surface area contributed by atoms with E-state index in [1.165, 1.54) is 4.90 Å². The number of hydrogen-bond donors (Lipinski definition) is 4. The Labute approximate surface area is 289 Å². The van der Waals surface area contributed by atoms with Gasteiger partial charge in [-0.25, -0.2) is 9.59 Å². The topological polar surface area (TPSA) is 177 Å². The van der Waals surface area contributed by atoms with Crippen LogP contribution in [0.2, 0.25) is 0 Å². The molecule has 6 atom stereocenters. The number of nitrogens with two attached hydrogens (primary N) is 1. The van der Waals surface area contributed by atoms with E-state index in [-0.39, 0.29) is 29.3 Å². The number of carbonyl (C=O) groups excluding carboxylic acids is 6. The van der Waals surface area contributed by atoms with E-state index in [1.807, 2.05) is 79.7 Å². The molecule has 2 saturated carbocycles. The maximum absolute atomic E-state index is 14.4. The second-order valence-electron chi connectivity index (χ2n) is 17.2. The van der Waals surface area contributed by atoms with Gasteiger partial charge in [0, 0.05) is 19.4 Å². The van der Waals surface area contributed by atoms with Crippen LogP contribution in [0.25, 0.3) is 0 Å². The van der Waals surface area contributed by atoms with Gasteiger partial charge in [-0.1, -0.05) is 86.1 Å². The Bertz CT molecular complexity index is 1500. The van der Waals surface area contributed by atoms with E-state index in [2.05, 4.69) is 16.0 Å². The van der Waals surface area contributed by atoms with Gasteiger partial charge in [-0.15, -0.1) is 0 Å². The highest BCUT2D eigenvalue weighted by atomic mass is 16.5. The van der Waals surface area contributed by atoms with Crippen LogP contribution < -0.4 is 21.7 Å². The molecule has 0 radical (unpaired) electrons. The first kappa shape index (κ1) is 36.3. The fourth-order valence-electron chi connectivity index (χ4n) is 7.96. The molecule has 5 amide bonds. The Morgan fingerprint density at radius 1 is 0.878 bits per heavy atom. The van der Waals surface area contributed by atoms with E-state index in [0.717, 1.165) is 17.5 Å². The molecule has 3 aliphatic carbocycles. The molecule has 12 nitrogen and oxygen atoms in total. The largest absolute Gasteiger partial charge is 0.460 e. The molecular formula is C37H53N5O7. The number of piperidine rings is 1. The second kappa shape index (κ2) is 13.1. The average Bonchev–Trinajstić information content (AvgIpc) is 3.31. The molecule has 4 aliphatic rings. The van der Waals surface area contributed by atoms with Gasteiger partial charge in [-0.2, -0.15) is 0 Å². The van der Waals surface area contributed by atoms with Crippen molar-refractivity contribution in [1.82, 2.24) is 20.9 Å². The van der Waals surface area contributed by atoms with E-state index in [4.69, 9.17) is 10.5 Å². The van der Waals surface area contributed by atoms with Gasteiger partial charge >= 0.3 is 12.0 Å². The zero-order chi connectivity index (χ0) is 36.2. The fraction of sp³-hybridized carbons (Fsp3) is 0.676. The Balaban J connectivity index is 1.30. The third-order valence-corrected chi connectivity index (χ3v) is 11.3. The summed E-state index contributed by atoms with van der Waals surface area (Å²) in [7, 11) is 0. The summed E-state index contributed by atoms with van der Waals surface area (Å²) in [5.41, 5.74) is 5.92. The summed E-state index contributed by atoms with van der Waals surface area (Å²) < 4.78 is 5.90. The predicted octanol–water partition coefficient (Wildman–Crippen LogP) is 2.65. The Morgan fingerprint density at radius 2 is 1.43 bits per heavy atom. The van der Waals surface area contributed by atoms with Gasteiger partial charge in [0.2, 0.25) is 17.6 Å². The van der Waals surface area contributed by atoms with Gasteiger partial charge in [-0.05, 0) is 58.0 Å². The minimum Gasteiger partial charge on any atom is -0.460 e. The smallest absolute Gasteiger partial charge is 0.329 e. The Morgan fingerprint density at radius 3 is 1.92 bits per heavy atom. The van der Waals surface area contributed by atoms with Crippen LogP contribution in [0.1, 0.15) is 85.8 Å². The lowest BCUT2D eigenvalue weighted by Gasteiger charge is -2.39. The molecule has 3 fully saturated rings. The number of fused-ring (bicyclic) bond motifs is 2. The van der Waals surface area contributed by atoms with Crippen molar-refractivity contribution in [1.29, 1.82) is 0 Å². The first-order chi connectivity index (χ1) is 22.7. The minimum absolute atomic E-state index is 0.0532. The third-order valence-electron chi connectivity index (χ3n) is 11.3. The van der Waals surface area contributed by atoms with Crippen molar-refractivity contribution in [3.8, 4) is 0 Å². The zero-order valence-electron chi connectivity index (χ0n) is 30.1. The molecule has 12 heteroatoms. The lowest BCUT2D eigenvalue weighted by atomic mass is 9.78. The maximum atomic E-state index is 14.4. The van der Waals surface area contributed by atoms with E-state index in [0.29, 0.717) is 32.2 Å². The number of Topliss-reactive ketones (excluding diaryl/α,β-unsaturated/α-hetero) is 1. The number of benzene rings is 1. The number of esters is 1. The monoisotopic (exact) mass is 679 g/mol. The van der Waals surface area contributed by atoms with E-state index >= 15 is 0 Å². The van der Waals surface area contributed by atoms with Gasteiger partial charge in [0.15, 0.2) is 0 Å². The lowest BCUT2D eigenvalue weighted by molar-refractivity contribution is -0.153. The van der Waals surface area contributed by atoms with Crippen LogP contribution in [0.15, 0.2) is 24.3 Å². The normalized spacial score (nSPS) is 24.7. The fourth-order valence-corrected chi connectivity index (χ4v) is 7.96. The predicted molar refractivity (Wildman–Crippen MR) is 182 cm³/mol. The molecule has 1 aromatic carbocycles. The summed E-state index contributed by atoms with van der Waals surface area (Å²) in [5, 5.41) is 8.40. The Kier molecular flexibility index (Phi) is 9.68. The summed E-state index contributed by atoms with van der Waals surface area (Å²) in [4.78, 5) is 81.5. The zero-order valence-corrected chi connectivity index (χ0v) is 30.1. The lowest BCUT2D eigenvalue weighted by Crippen LogP contribution is -2.63. The summed E-state index contributed by atoms with van der Waals surface area (Å²) in [6, 6.07) is 3.26. The standard InChI is InChI=1S/C37H53N5O7/c1-35(2,3)28(40-34(48)41-29(36(4,5)6)33(47)49-22-16-20-12-9-10-13-21(20)17-22)32(46)42-18-23-24(37(23,7)8)26(42)31(45)39-25(19-14-11-15-19)27(43)30(38)44/h9-10,12-13,19,22-26,28-29H,11,14-18H2,1-8H3,(H2,38,44)(H,39,45)(H2,40,41,48)/t23-,24-,25?,26-,28-,29-/m0/s1. The molecule has 1 aliphatic heterocycles. The molecular weight excluding hydrogens is 626 g/mol. The number of ether oxygens (including phenoxy) is 1. The van der Waals surface area contributed by atoms with Gasteiger partial charge in [0.05, 0.1) is 0 Å². The van der Waals surface area contributed by atoms with Crippen molar-refractivity contribution < 1.29 is 33.5 Å². The van der Waals surface area contributed by atoms with Crippen molar-refractivity contribution in [3.05, 3.63) is 35.4 Å². The van der Waals surface area contributed by atoms with Crippen LogP contribution in [-0.4, -0.2) is 77.2 Å². The molecule has 1 aromatic rings. The molecule has 0 spiro atoms. The van der Waals surface area contributed by atoms with Crippen molar-refractivity contribution in [2.24, 2.45) is 39.7 Å². The molecule has 5 rings (SSSR count). The van der Waals surface area contributed by atoms with Gasteiger partial charge in [0.1, 0.15) is 30.3 Å². The van der Waals surface area contributed by atoms with Crippen molar-refractivity contribution >= 4 is 35.5 Å². The summed E-state index contributed by atoms with van der Waals surface area (Å²) in [5.74, 6) is -3.71. The first-order valence-corrected chi connectivity index (χ1v) is 17.5. The second-order valence-corrected chi connectivity index (χ2v) is 17.2. The molecule has 49 heavy (non-hydrogen) atoms. The number of carbonyl (C=O) groups is 6.